The lowest BCUT2D eigenvalue weighted by Crippen LogP contribution is -2.08. The Morgan fingerprint density at radius 3 is 3.00 bits per heavy atom. The molecule has 1 aliphatic heterocycles. The smallest absolute Gasteiger partial charge is 0.167 e. The summed E-state index contributed by atoms with van der Waals surface area (Å²) in [6, 6.07) is 5.90. The molecule has 0 aliphatic carbocycles. The van der Waals surface area contributed by atoms with E-state index in [2.05, 4.69) is 4.57 Å². The predicted molar refractivity (Wildman–Crippen MR) is 69.1 cm³/mol. The van der Waals surface area contributed by atoms with Crippen LogP contribution in [0.5, 0.6) is 5.75 Å². The van der Waals surface area contributed by atoms with Gasteiger partial charge < -0.3 is 9.30 Å². The quantitative estimate of drug-likeness (QED) is 0.776. The fraction of sp³-hybridized carbons (Fsp3) is 0.308. The van der Waals surface area contributed by atoms with Crippen molar-refractivity contribution in [1.29, 1.82) is 0 Å². The molecule has 1 aromatic carbocycles. The Kier molecular flexibility index (Phi) is 2.40. The first-order valence-electron chi connectivity index (χ1n) is 5.55. The maximum absolute atomic E-state index is 12.0. The molecule has 0 unspecified atom stereocenters. The number of hydrogen-bond donors (Lipinski definition) is 0. The molecule has 0 bridgehead atoms. The van der Waals surface area contributed by atoms with Gasteiger partial charge in [0.2, 0.25) is 0 Å². The largest absolute Gasteiger partial charge is 0.497 e. The van der Waals surface area contributed by atoms with Gasteiger partial charge in [0.25, 0.3) is 0 Å². The zero-order chi connectivity index (χ0) is 12.0. The standard InChI is InChI=1S/C13H13NO2S/c1-14-10-4-3-8(16-2)7-9(10)12-11(15)5-6-17-13(12)14/h3-4,7H,5-6H2,1-2H3. The van der Waals surface area contributed by atoms with Gasteiger partial charge in [0, 0.05) is 30.1 Å². The molecule has 17 heavy (non-hydrogen) atoms. The van der Waals surface area contributed by atoms with Gasteiger partial charge in [-0.2, -0.15) is 0 Å². The molecule has 0 saturated heterocycles. The molecule has 0 saturated carbocycles. The maximum Gasteiger partial charge on any atom is 0.167 e. The Hall–Kier alpha value is -1.42. The molecule has 0 fully saturated rings. The highest BCUT2D eigenvalue weighted by molar-refractivity contribution is 7.99. The summed E-state index contributed by atoms with van der Waals surface area (Å²) in [6.45, 7) is 0. The van der Waals surface area contributed by atoms with Crippen LogP contribution >= 0.6 is 11.8 Å². The van der Waals surface area contributed by atoms with E-state index in [0.29, 0.717) is 6.42 Å². The van der Waals surface area contributed by atoms with E-state index in [9.17, 15) is 4.79 Å². The summed E-state index contributed by atoms with van der Waals surface area (Å²) in [5.41, 5.74) is 1.97. The molecule has 0 amide bonds. The molecule has 0 radical (unpaired) electrons. The number of nitrogens with zero attached hydrogens (tertiary/aromatic N) is 1. The van der Waals surface area contributed by atoms with Gasteiger partial charge in [-0.05, 0) is 18.2 Å². The van der Waals surface area contributed by atoms with Crippen LogP contribution in [0.3, 0.4) is 0 Å². The van der Waals surface area contributed by atoms with Gasteiger partial charge in [-0.15, -0.1) is 11.8 Å². The molecule has 88 valence electrons. The minimum Gasteiger partial charge on any atom is -0.497 e. The van der Waals surface area contributed by atoms with Crippen LogP contribution in [-0.4, -0.2) is 23.2 Å². The van der Waals surface area contributed by atoms with Crippen LogP contribution in [0, 0.1) is 0 Å². The zero-order valence-corrected chi connectivity index (χ0v) is 10.6. The Balaban J connectivity index is 2.38. The van der Waals surface area contributed by atoms with E-state index in [-0.39, 0.29) is 5.78 Å². The van der Waals surface area contributed by atoms with E-state index < -0.39 is 0 Å². The molecule has 3 nitrogen and oxygen atoms in total. The third-order valence-corrected chi connectivity index (χ3v) is 4.36. The van der Waals surface area contributed by atoms with Crippen molar-refractivity contribution in [2.24, 2.45) is 7.05 Å². The van der Waals surface area contributed by atoms with Gasteiger partial charge in [-0.1, -0.05) is 0 Å². The third-order valence-electron chi connectivity index (χ3n) is 3.20. The number of hydrogen-bond acceptors (Lipinski definition) is 3. The molecule has 1 aliphatic rings. The number of rotatable bonds is 1. The average Bonchev–Trinajstić information content (AvgIpc) is 2.64. The van der Waals surface area contributed by atoms with E-state index in [0.717, 1.165) is 33.0 Å². The molecule has 4 heteroatoms. The number of aromatic nitrogens is 1. The van der Waals surface area contributed by atoms with Crippen molar-refractivity contribution in [3.05, 3.63) is 23.8 Å². The molecular weight excluding hydrogens is 234 g/mol. The second-order valence-corrected chi connectivity index (χ2v) is 5.23. The molecular formula is C13H13NO2S. The van der Waals surface area contributed by atoms with Crippen LogP contribution in [-0.2, 0) is 7.05 Å². The van der Waals surface area contributed by atoms with Gasteiger partial charge in [0.1, 0.15) is 5.75 Å². The molecule has 0 atom stereocenters. The van der Waals surface area contributed by atoms with Crippen LogP contribution in [0.1, 0.15) is 16.8 Å². The van der Waals surface area contributed by atoms with Crippen molar-refractivity contribution in [3.63, 3.8) is 0 Å². The summed E-state index contributed by atoms with van der Waals surface area (Å²) in [5.74, 6) is 1.93. The highest BCUT2D eigenvalue weighted by Crippen LogP contribution is 2.38. The maximum atomic E-state index is 12.0. The van der Waals surface area contributed by atoms with Gasteiger partial charge >= 0.3 is 0 Å². The first-order valence-corrected chi connectivity index (χ1v) is 6.53. The monoisotopic (exact) mass is 247 g/mol. The number of carbonyl (C=O) groups excluding carboxylic acids is 1. The number of aryl methyl sites for hydroxylation is 1. The number of carbonyl (C=O) groups is 1. The Morgan fingerprint density at radius 2 is 2.24 bits per heavy atom. The summed E-state index contributed by atoms with van der Waals surface area (Å²) in [6.07, 6.45) is 0.633. The molecule has 2 heterocycles. The van der Waals surface area contributed by atoms with Crippen molar-refractivity contribution in [3.8, 4) is 5.75 Å². The number of ketones is 1. The fourth-order valence-corrected chi connectivity index (χ4v) is 3.47. The summed E-state index contributed by atoms with van der Waals surface area (Å²) in [5, 5.41) is 2.10. The van der Waals surface area contributed by atoms with Crippen LogP contribution in [0.25, 0.3) is 10.9 Å². The van der Waals surface area contributed by atoms with Crippen molar-refractivity contribution >= 4 is 28.4 Å². The fourth-order valence-electron chi connectivity index (χ4n) is 2.33. The average molecular weight is 247 g/mol. The summed E-state index contributed by atoms with van der Waals surface area (Å²) < 4.78 is 7.33. The number of methoxy groups -OCH3 is 1. The van der Waals surface area contributed by atoms with Gasteiger partial charge in [-0.3, -0.25) is 4.79 Å². The van der Waals surface area contributed by atoms with Crippen LogP contribution in [0.4, 0.5) is 0 Å². The molecule has 3 rings (SSSR count). The molecule has 2 aromatic rings. The summed E-state index contributed by atoms with van der Waals surface area (Å²) >= 11 is 1.76. The lowest BCUT2D eigenvalue weighted by Gasteiger charge is -2.11. The van der Waals surface area contributed by atoms with Crippen LogP contribution in [0.2, 0.25) is 0 Å². The van der Waals surface area contributed by atoms with Crippen LogP contribution < -0.4 is 4.74 Å². The number of fused-ring (bicyclic) bond motifs is 3. The van der Waals surface area contributed by atoms with Crippen molar-refractivity contribution in [1.82, 2.24) is 4.57 Å². The Labute approximate surface area is 104 Å². The molecule has 1 aromatic heterocycles. The summed E-state index contributed by atoms with van der Waals surface area (Å²) in [7, 11) is 3.66. The Morgan fingerprint density at radius 1 is 1.41 bits per heavy atom. The summed E-state index contributed by atoms with van der Waals surface area (Å²) in [4.78, 5) is 12.0. The lowest BCUT2D eigenvalue weighted by atomic mass is 10.1. The number of Topliss-reactive ketones (excluding diaryl/α,β-unsaturated/α-hetero) is 1. The van der Waals surface area contributed by atoms with Gasteiger partial charge in [0.15, 0.2) is 5.78 Å². The van der Waals surface area contributed by atoms with Crippen LogP contribution in [0.15, 0.2) is 23.2 Å². The minimum absolute atomic E-state index is 0.248. The second kappa shape index (κ2) is 3.81. The first-order chi connectivity index (χ1) is 8.22. The highest BCUT2D eigenvalue weighted by Gasteiger charge is 2.25. The van der Waals surface area contributed by atoms with E-state index in [4.69, 9.17) is 4.74 Å². The van der Waals surface area contributed by atoms with E-state index in [1.807, 2.05) is 25.2 Å². The van der Waals surface area contributed by atoms with Crippen molar-refractivity contribution in [2.75, 3.05) is 12.9 Å². The minimum atomic E-state index is 0.248. The second-order valence-electron chi connectivity index (χ2n) is 4.14. The lowest BCUT2D eigenvalue weighted by molar-refractivity contribution is 0.0986. The topological polar surface area (TPSA) is 31.2 Å². The van der Waals surface area contributed by atoms with E-state index in [1.165, 1.54) is 0 Å². The van der Waals surface area contributed by atoms with Crippen molar-refractivity contribution in [2.45, 2.75) is 11.4 Å². The van der Waals surface area contributed by atoms with Crippen molar-refractivity contribution < 1.29 is 9.53 Å². The van der Waals surface area contributed by atoms with E-state index in [1.54, 1.807) is 18.9 Å². The SMILES string of the molecule is COc1ccc2c(c1)c1c(n2C)SCCC1=O. The van der Waals surface area contributed by atoms with Gasteiger partial charge in [0.05, 0.1) is 17.7 Å². The molecule has 0 spiro atoms. The zero-order valence-electron chi connectivity index (χ0n) is 9.82. The van der Waals surface area contributed by atoms with E-state index >= 15 is 0 Å². The third kappa shape index (κ3) is 1.47. The van der Waals surface area contributed by atoms with Gasteiger partial charge in [-0.25, -0.2) is 0 Å². The number of thioether (sulfide) groups is 1. The predicted octanol–water partition coefficient (Wildman–Crippen LogP) is 2.87. The number of ether oxygens (including phenoxy) is 1. The normalized spacial score (nSPS) is 15.1. The number of benzene rings is 1. The Bertz CT molecular complexity index is 615. The first kappa shape index (κ1) is 10.7. The highest BCUT2D eigenvalue weighted by atomic mass is 32.2. The molecule has 0 N–H and O–H groups in total.